The summed E-state index contributed by atoms with van der Waals surface area (Å²) in [6, 6.07) is 0. The van der Waals surface area contributed by atoms with Gasteiger partial charge in [-0.1, -0.05) is 0 Å². The van der Waals surface area contributed by atoms with Crippen LogP contribution >= 0.6 is 0 Å². The van der Waals surface area contributed by atoms with Gasteiger partial charge in [0.25, 0.3) is 0 Å². The zero-order valence-corrected chi connectivity index (χ0v) is 7.20. The monoisotopic (exact) mass is 196 g/mol. The summed E-state index contributed by atoms with van der Waals surface area (Å²) in [6.07, 6.45) is -5.53. The van der Waals surface area contributed by atoms with Crippen LogP contribution in [-0.2, 0) is 9.53 Å². The van der Waals surface area contributed by atoms with Crippen molar-refractivity contribution in [2.75, 3.05) is 13.7 Å². The standard InChI is InChI=1S/C7H14O6/c1-13-7(5(11)3-9)6(12)4(10)2-8/h3-8,10-12H,2H2,1H3/t4-,5+,6-,7-/m1/s1/i1+2. The van der Waals surface area contributed by atoms with Crippen LogP contribution in [0.25, 0.3) is 0 Å². The Kier molecular flexibility index (Phi) is 5.76. The summed E-state index contributed by atoms with van der Waals surface area (Å²) in [6.45, 7) is -0.674. The van der Waals surface area contributed by atoms with E-state index in [1.807, 2.05) is 0 Å². The lowest BCUT2D eigenvalue weighted by Gasteiger charge is -2.25. The average Bonchev–Trinajstić information content (AvgIpc) is 2.17. The Morgan fingerprint density at radius 1 is 1.38 bits per heavy atom. The van der Waals surface area contributed by atoms with Gasteiger partial charge >= 0.3 is 0 Å². The van der Waals surface area contributed by atoms with Gasteiger partial charge in [0.15, 0.2) is 6.29 Å². The van der Waals surface area contributed by atoms with E-state index in [0.29, 0.717) is 0 Å². The second kappa shape index (κ2) is 6.01. The van der Waals surface area contributed by atoms with Crippen molar-refractivity contribution in [3.05, 3.63) is 0 Å². The average molecular weight is 196 g/mol. The minimum Gasteiger partial charge on any atom is -0.394 e. The molecule has 0 aliphatic heterocycles. The van der Waals surface area contributed by atoms with E-state index in [4.69, 9.17) is 15.3 Å². The van der Waals surface area contributed by atoms with E-state index in [9.17, 15) is 9.90 Å². The van der Waals surface area contributed by atoms with Crippen molar-refractivity contribution in [3.8, 4) is 0 Å². The molecule has 0 aromatic carbocycles. The Morgan fingerprint density at radius 3 is 2.23 bits per heavy atom. The third kappa shape index (κ3) is 3.37. The molecule has 0 aromatic heterocycles. The molecule has 0 saturated carbocycles. The van der Waals surface area contributed by atoms with Crippen LogP contribution in [0.5, 0.6) is 0 Å². The molecule has 0 bridgehead atoms. The molecule has 13 heavy (non-hydrogen) atoms. The molecule has 0 unspecified atom stereocenters. The van der Waals surface area contributed by atoms with Crippen LogP contribution in [0, 0.1) is 0 Å². The third-order valence-electron chi connectivity index (χ3n) is 1.67. The van der Waals surface area contributed by atoms with Crippen molar-refractivity contribution in [2.24, 2.45) is 0 Å². The van der Waals surface area contributed by atoms with Crippen LogP contribution in [0.1, 0.15) is 0 Å². The second-order valence-electron chi connectivity index (χ2n) is 2.57. The number of carbonyl (C=O) groups is 1. The maximum Gasteiger partial charge on any atom is 0.151 e. The van der Waals surface area contributed by atoms with Gasteiger partial charge < -0.3 is 30.0 Å². The zero-order chi connectivity index (χ0) is 10.4. The van der Waals surface area contributed by atoms with Crippen LogP contribution in [0.3, 0.4) is 0 Å². The lowest BCUT2D eigenvalue weighted by atomic mass is 10.0. The van der Waals surface area contributed by atoms with E-state index in [1.54, 1.807) is 0 Å². The van der Waals surface area contributed by atoms with Crippen molar-refractivity contribution in [2.45, 2.75) is 24.4 Å². The summed E-state index contributed by atoms with van der Waals surface area (Å²) < 4.78 is 4.59. The Hall–Kier alpha value is -0.530. The number of rotatable bonds is 6. The summed E-state index contributed by atoms with van der Waals surface area (Å²) in [4.78, 5) is 10.1. The molecule has 6 heteroatoms. The number of aliphatic hydroxyl groups is 4. The minimum absolute atomic E-state index is 0.182. The van der Waals surface area contributed by atoms with Crippen LogP contribution < -0.4 is 0 Å². The predicted octanol–water partition coefficient (Wildman–Crippen LogP) is -2.72. The summed E-state index contributed by atoms with van der Waals surface area (Å²) >= 11 is 0. The van der Waals surface area contributed by atoms with Crippen LogP contribution in [0.4, 0.5) is 0 Å². The fourth-order valence-electron chi connectivity index (χ4n) is 0.885. The maximum atomic E-state index is 10.1. The van der Waals surface area contributed by atoms with E-state index < -0.39 is 31.0 Å². The molecule has 0 rings (SSSR count). The fraction of sp³-hybridized carbons (Fsp3) is 0.857. The summed E-state index contributed by atoms with van der Waals surface area (Å²) in [5.41, 5.74) is 0. The van der Waals surface area contributed by atoms with E-state index in [2.05, 4.69) is 4.74 Å². The van der Waals surface area contributed by atoms with Crippen molar-refractivity contribution in [1.82, 2.24) is 0 Å². The van der Waals surface area contributed by atoms with Gasteiger partial charge in [0.1, 0.15) is 24.4 Å². The topological polar surface area (TPSA) is 107 Å². The van der Waals surface area contributed by atoms with Crippen molar-refractivity contribution < 1.29 is 30.0 Å². The third-order valence-corrected chi connectivity index (χ3v) is 1.67. The molecule has 78 valence electrons. The van der Waals surface area contributed by atoms with Gasteiger partial charge in [-0.25, -0.2) is 0 Å². The minimum atomic E-state index is -1.53. The van der Waals surface area contributed by atoms with Gasteiger partial charge in [0, 0.05) is 7.11 Å². The van der Waals surface area contributed by atoms with Crippen molar-refractivity contribution in [3.63, 3.8) is 0 Å². The predicted molar refractivity (Wildman–Crippen MR) is 42.0 cm³/mol. The first-order valence-electron chi connectivity index (χ1n) is 3.71. The smallest absolute Gasteiger partial charge is 0.151 e. The van der Waals surface area contributed by atoms with E-state index in [0.717, 1.165) is 0 Å². The largest absolute Gasteiger partial charge is 0.394 e. The SMILES string of the molecule is [14CH3]O[C@@H]([C@H](O)[C@H](O)CO)[C@@H](O)C=O. The maximum absolute atomic E-state index is 10.1. The Labute approximate surface area is 75.4 Å². The summed E-state index contributed by atoms with van der Waals surface area (Å²) in [5.74, 6) is 0. The lowest BCUT2D eigenvalue weighted by molar-refractivity contribution is -0.143. The zero-order valence-electron chi connectivity index (χ0n) is 7.20. The van der Waals surface area contributed by atoms with E-state index in [1.165, 1.54) is 7.11 Å². The number of hydrogen-bond donors (Lipinski definition) is 4. The van der Waals surface area contributed by atoms with Gasteiger partial charge in [-0.3, -0.25) is 0 Å². The highest BCUT2D eigenvalue weighted by molar-refractivity contribution is 5.56. The first kappa shape index (κ1) is 12.5. The van der Waals surface area contributed by atoms with Gasteiger partial charge in [-0.05, 0) is 0 Å². The normalized spacial score (nSPS) is 20.4. The van der Waals surface area contributed by atoms with Crippen LogP contribution in [0.15, 0.2) is 0 Å². The molecule has 0 saturated heterocycles. The first-order chi connectivity index (χ1) is 6.08. The highest BCUT2D eigenvalue weighted by Crippen LogP contribution is 2.07. The Balaban J connectivity index is 4.29. The molecule has 0 spiro atoms. The van der Waals surface area contributed by atoms with Gasteiger partial charge in [0.2, 0.25) is 0 Å². The molecule has 0 aliphatic rings. The lowest BCUT2D eigenvalue weighted by Crippen LogP contribution is -2.47. The molecular weight excluding hydrogens is 182 g/mol. The molecule has 0 aromatic rings. The molecule has 0 fully saturated rings. The molecular formula is C7H14O6. The summed E-state index contributed by atoms with van der Waals surface area (Å²) in [5, 5.41) is 35.6. The van der Waals surface area contributed by atoms with Gasteiger partial charge in [0.05, 0.1) is 6.61 Å². The van der Waals surface area contributed by atoms with Crippen LogP contribution in [-0.4, -0.2) is 64.8 Å². The Bertz CT molecular complexity index is 150. The number of carbonyl (C=O) groups excluding carboxylic acids is 1. The molecule has 4 atom stereocenters. The quantitative estimate of drug-likeness (QED) is 0.344. The van der Waals surface area contributed by atoms with Crippen molar-refractivity contribution >= 4 is 6.29 Å². The number of methoxy groups -OCH3 is 1. The molecule has 4 N–H and O–H groups in total. The molecule has 6 nitrogen and oxygen atoms in total. The molecule has 0 aliphatic carbocycles. The van der Waals surface area contributed by atoms with E-state index in [-0.39, 0.29) is 6.29 Å². The van der Waals surface area contributed by atoms with Crippen LogP contribution in [0.2, 0.25) is 0 Å². The summed E-state index contributed by atoms with van der Waals surface area (Å²) in [7, 11) is 1.17. The molecule has 0 amide bonds. The van der Waals surface area contributed by atoms with Gasteiger partial charge in [-0.15, -0.1) is 0 Å². The number of aldehydes is 1. The highest BCUT2D eigenvalue weighted by Gasteiger charge is 2.31. The number of aliphatic hydroxyl groups excluding tert-OH is 4. The fourth-order valence-corrected chi connectivity index (χ4v) is 0.885. The molecule has 0 heterocycles. The number of hydrogen-bond acceptors (Lipinski definition) is 6. The Morgan fingerprint density at radius 2 is 1.92 bits per heavy atom. The van der Waals surface area contributed by atoms with Gasteiger partial charge in [-0.2, -0.15) is 0 Å². The number of ether oxygens (including phenoxy) is 1. The first-order valence-corrected chi connectivity index (χ1v) is 3.71. The molecule has 0 radical (unpaired) electrons. The highest BCUT2D eigenvalue weighted by atomic mass is 16.6. The van der Waals surface area contributed by atoms with Crippen molar-refractivity contribution in [1.29, 1.82) is 0 Å². The second-order valence-corrected chi connectivity index (χ2v) is 2.57. The van der Waals surface area contributed by atoms with E-state index >= 15 is 0 Å².